The number of aryl methyl sites for hydroxylation is 1. The van der Waals surface area contributed by atoms with Crippen LogP contribution in [0.15, 0.2) is 36.4 Å². The Hall–Kier alpha value is -2.47. The van der Waals surface area contributed by atoms with Crippen LogP contribution in [0, 0.1) is 6.92 Å². The molecule has 6 nitrogen and oxygen atoms in total. The normalized spacial score (nSPS) is 10.2. The molecule has 0 fully saturated rings. The Balaban J connectivity index is 2.14. The van der Waals surface area contributed by atoms with Crippen molar-refractivity contribution in [1.29, 1.82) is 0 Å². The highest BCUT2D eigenvalue weighted by atomic mass is 16.3. The van der Waals surface area contributed by atoms with Crippen LogP contribution in [0.1, 0.15) is 16.1 Å². The molecule has 2 N–H and O–H groups in total. The lowest BCUT2D eigenvalue weighted by atomic mass is 10.1. The number of amides is 1. The number of carbonyl (C=O) groups is 1. The number of carbonyl (C=O) groups excluding carboxylic acids is 1. The third-order valence-electron chi connectivity index (χ3n) is 2.96. The SMILES string of the molecule is Cc1ccc(Nc2cccc(C(=O)N(C)CCO)c2)nn1. The summed E-state index contributed by atoms with van der Waals surface area (Å²) in [7, 11) is 1.66. The topological polar surface area (TPSA) is 78.4 Å². The maximum atomic E-state index is 12.1. The zero-order chi connectivity index (χ0) is 15.2. The monoisotopic (exact) mass is 286 g/mol. The summed E-state index contributed by atoms with van der Waals surface area (Å²) in [6, 6.07) is 10.8. The minimum Gasteiger partial charge on any atom is -0.395 e. The average Bonchev–Trinajstić information content (AvgIpc) is 2.49. The molecule has 1 heterocycles. The Bertz CT molecular complexity index is 613. The van der Waals surface area contributed by atoms with E-state index in [1.807, 2.05) is 25.1 Å². The summed E-state index contributed by atoms with van der Waals surface area (Å²) in [6.45, 7) is 2.12. The Morgan fingerprint density at radius 1 is 1.29 bits per heavy atom. The summed E-state index contributed by atoms with van der Waals surface area (Å²) in [5.41, 5.74) is 2.16. The van der Waals surface area contributed by atoms with E-state index < -0.39 is 0 Å². The predicted octanol–water partition coefficient (Wildman–Crippen LogP) is 1.59. The highest BCUT2D eigenvalue weighted by molar-refractivity contribution is 5.95. The third kappa shape index (κ3) is 4.00. The fourth-order valence-electron chi connectivity index (χ4n) is 1.82. The van der Waals surface area contributed by atoms with E-state index in [2.05, 4.69) is 15.5 Å². The number of aliphatic hydroxyl groups excluding tert-OH is 1. The van der Waals surface area contributed by atoms with Crippen LogP contribution in [0.3, 0.4) is 0 Å². The predicted molar refractivity (Wildman–Crippen MR) is 80.5 cm³/mol. The van der Waals surface area contributed by atoms with Crippen LogP contribution in [0.25, 0.3) is 0 Å². The first kappa shape index (κ1) is 14.9. The van der Waals surface area contributed by atoms with Crippen molar-refractivity contribution in [2.45, 2.75) is 6.92 Å². The summed E-state index contributed by atoms with van der Waals surface area (Å²) >= 11 is 0. The van der Waals surface area contributed by atoms with Crippen molar-refractivity contribution in [3.63, 3.8) is 0 Å². The minimum absolute atomic E-state index is 0.0564. The minimum atomic E-state index is -0.136. The number of aromatic nitrogens is 2. The lowest BCUT2D eigenvalue weighted by Crippen LogP contribution is -2.29. The number of benzene rings is 1. The zero-order valence-corrected chi connectivity index (χ0v) is 12.1. The van der Waals surface area contributed by atoms with E-state index in [0.717, 1.165) is 11.4 Å². The van der Waals surface area contributed by atoms with Crippen LogP contribution in [0.2, 0.25) is 0 Å². The first-order valence-electron chi connectivity index (χ1n) is 6.64. The first-order valence-corrected chi connectivity index (χ1v) is 6.64. The fourth-order valence-corrected chi connectivity index (χ4v) is 1.82. The van der Waals surface area contributed by atoms with Crippen LogP contribution in [0.4, 0.5) is 11.5 Å². The van der Waals surface area contributed by atoms with Crippen LogP contribution in [-0.4, -0.2) is 46.3 Å². The standard InChI is InChI=1S/C15H18N4O2/c1-11-6-7-14(18-17-11)16-13-5-3-4-12(10-13)15(21)19(2)8-9-20/h3-7,10,20H,8-9H2,1-2H3,(H,16,18). The maximum Gasteiger partial charge on any atom is 0.253 e. The highest BCUT2D eigenvalue weighted by Crippen LogP contribution is 2.16. The summed E-state index contributed by atoms with van der Waals surface area (Å²) in [5, 5.41) is 20.0. The van der Waals surface area contributed by atoms with Crippen molar-refractivity contribution in [2.75, 3.05) is 25.5 Å². The number of hydrogen-bond acceptors (Lipinski definition) is 5. The van der Waals surface area contributed by atoms with Gasteiger partial charge >= 0.3 is 0 Å². The molecule has 0 saturated heterocycles. The number of rotatable bonds is 5. The van der Waals surface area contributed by atoms with Crippen LogP contribution >= 0.6 is 0 Å². The fraction of sp³-hybridized carbons (Fsp3) is 0.267. The lowest BCUT2D eigenvalue weighted by Gasteiger charge is -2.16. The lowest BCUT2D eigenvalue weighted by molar-refractivity contribution is 0.0767. The van der Waals surface area contributed by atoms with Gasteiger partial charge in [-0.25, -0.2) is 0 Å². The van der Waals surface area contributed by atoms with Crippen LogP contribution in [-0.2, 0) is 0 Å². The second-order valence-corrected chi connectivity index (χ2v) is 4.72. The van der Waals surface area contributed by atoms with Crippen molar-refractivity contribution < 1.29 is 9.90 Å². The molecule has 0 unspecified atom stereocenters. The molecule has 0 saturated carbocycles. The molecule has 2 aromatic rings. The molecular formula is C15H18N4O2. The number of aliphatic hydroxyl groups is 1. The summed E-state index contributed by atoms with van der Waals surface area (Å²) in [4.78, 5) is 13.6. The number of anilines is 2. The van der Waals surface area contributed by atoms with Gasteiger partial charge in [-0.05, 0) is 37.3 Å². The van der Waals surface area contributed by atoms with Crippen LogP contribution < -0.4 is 5.32 Å². The van der Waals surface area contributed by atoms with Gasteiger partial charge in [0.2, 0.25) is 0 Å². The molecule has 0 atom stereocenters. The highest BCUT2D eigenvalue weighted by Gasteiger charge is 2.11. The molecule has 0 radical (unpaired) electrons. The second kappa shape index (κ2) is 6.81. The van der Waals surface area contributed by atoms with Gasteiger partial charge < -0.3 is 15.3 Å². The zero-order valence-electron chi connectivity index (χ0n) is 12.1. The third-order valence-corrected chi connectivity index (χ3v) is 2.96. The van der Waals surface area contributed by atoms with E-state index in [0.29, 0.717) is 17.9 Å². The molecule has 6 heteroatoms. The maximum absolute atomic E-state index is 12.1. The summed E-state index contributed by atoms with van der Waals surface area (Å²) in [6.07, 6.45) is 0. The van der Waals surface area contributed by atoms with Gasteiger partial charge in [-0.2, -0.15) is 5.10 Å². The van der Waals surface area contributed by atoms with E-state index in [4.69, 9.17) is 5.11 Å². The number of nitrogens with zero attached hydrogens (tertiary/aromatic N) is 3. The van der Waals surface area contributed by atoms with E-state index in [9.17, 15) is 4.79 Å². The Morgan fingerprint density at radius 2 is 2.10 bits per heavy atom. The van der Waals surface area contributed by atoms with Gasteiger partial charge in [0.25, 0.3) is 5.91 Å². The molecular weight excluding hydrogens is 268 g/mol. The van der Waals surface area contributed by atoms with Crippen molar-refractivity contribution in [1.82, 2.24) is 15.1 Å². The van der Waals surface area contributed by atoms with E-state index in [1.54, 1.807) is 25.2 Å². The molecule has 0 aliphatic rings. The Labute approximate surface area is 123 Å². The van der Waals surface area contributed by atoms with Gasteiger partial charge in [0.05, 0.1) is 12.3 Å². The van der Waals surface area contributed by atoms with Gasteiger partial charge in [-0.15, -0.1) is 5.10 Å². The van der Waals surface area contributed by atoms with Crippen molar-refractivity contribution in [3.8, 4) is 0 Å². The molecule has 0 spiro atoms. The molecule has 0 bridgehead atoms. The molecule has 110 valence electrons. The van der Waals surface area contributed by atoms with E-state index in [-0.39, 0.29) is 12.5 Å². The molecule has 1 aromatic carbocycles. The van der Waals surface area contributed by atoms with Crippen molar-refractivity contribution in [2.24, 2.45) is 0 Å². The number of hydrogen-bond donors (Lipinski definition) is 2. The summed E-state index contributed by atoms with van der Waals surface area (Å²) < 4.78 is 0. The number of likely N-dealkylation sites (N-methyl/N-ethyl adjacent to an activating group) is 1. The largest absolute Gasteiger partial charge is 0.395 e. The average molecular weight is 286 g/mol. The summed E-state index contributed by atoms with van der Waals surface area (Å²) in [5.74, 6) is 0.483. The van der Waals surface area contributed by atoms with Gasteiger partial charge in [-0.1, -0.05) is 6.07 Å². The molecule has 2 rings (SSSR count). The van der Waals surface area contributed by atoms with E-state index in [1.165, 1.54) is 4.90 Å². The Kier molecular flexibility index (Phi) is 4.84. The van der Waals surface area contributed by atoms with Gasteiger partial charge in [0.15, 0.2) is 5.82 Å². The second-order valence-electron chi connectivity index (χ2n) is 4.72. The first-order chi connectivity index (χ1) is 10.1. The quantitative estimate of drug-likeness (QED) is 0.872. The smallest absolute Gasteiger partial charge is 0.253 e. The Morgan fingerprint density at radius 3 is 2.76 bits per heavy atom. The molecule has 1 amide bonds. The van der Waals surface area contributed by atoms with Gasteiger partial charge in [0.1, 0.15) is 0 Å². The molecule has 21 heavy (non-hydrogen) atoms. The van der Waals surface area contributed by atoms with Gasteiger partial charge in [-0.3, -0.25) is 4.79 Å². The number of nitrogens with one attached hydrogen (secondary N) is 1. The molecule has 0 aliphatic carbocycles. The van der Waals surface area contributed by atoms with Crippen molar-refractivity contribution >= 4 is 17.4 Å². The molecule has 1 aromatic heterocycles. The van der Waals surface area contributed by atoms with E-state index >= 15 is 0 Å². The van der Waals surface area contributed by atoms with Crippen molar-refractivity contribution in [3.05, 3.63) is 47.7 Å². The van der Waals surface area contributed by atoms with Crippen LogP contribution in [0.5, 0.6) is 0 Å². The van der Waals surface area contributed by atoms with Gasteiger partial charge in [0, 0.05) is 24.8 Å². The molecule has 0 aliphatic heterocycles.